The van der Waals surface area contributed by atoms with E-state index in [0.29, 0.717) is 38.0 Å². The molecule has 1 aliphatic heterocycles. The predicted octanol–water partition coefficient (Wildman–Crippen LogP) is 5.51. The van der Waals surface area contributed by atoms with E-state index in [1.54, 1.807) is 26.0 Å². The number of benzene rings is 1. The summed E-state index contributed by atoms with van der Waals surface area (Å²) in [4.78, 5) is 52.6. The highest BCUT2D eigenvalue weighted by Gasteiger charge is 2.43. The van der Waals surface area contributed by atoms with Gasteiger partial charge < -0.3 is 29.6 Å². The van der Waals surface area contributed by atoms with E-state index in [1.165, 1.54) is 6.08 Å². The molecular weight excluding hydrogens is 641 g/mol. The van der Waals surface area contributed by atoms with Gasteiger partial charge in [-0.05, 0) is 69.1 Å². The first kappa shape index (κ1) is 39.7. The van der Waals surface area contributed by atoms with Crippen molar-refractivity contribution in [1.82, 2.24) is 21.1 Å². The topological polar surface area (TPSA) is 149 Å². The van der Waals surface area contributed by atoms with Gasteiger partial charge in [0.05, 0.1) is 18.8 Å². The number of carbonyl (C=O) groups excluding carboxylic acids is 4. The van der Waals surface area contributed by atoms with Gasteiger partial charge in [0.2, 0.25) is 11.8 Å². The average Bonchev–Trinajstić information content (AvgIpc) is 3.65. The first-order valence-corrected chi connectivity index (χ1v) is 20.3. The molecular formula is C37H56N4O7Si. The Morgan fingerprint density at radius 2 is 1.84 bits per heavy atom. The van der Waals surface area contributed by atoms with E-state index in [4.69, 9.17) is 13.7 Å². The number of hydrogen-bond acceptors (Lipinski definition) is 8. The van der Waals surface area contributed by atoms with E-state index < -0.39 is 38.4 Å². The number of amides is 3. The van der Waals surface area contributed by atoms with Crippen molar-refractivity contribution < 1.29 is 32.9 Å². The van der Waals surface area contributed by atoms with Gasteiger partial charge in [0.1, 0.15) is 5.76 Å². The Morgan fingerprint density at radius 1 is 1.14 bits per heavy atom. The number of hydrogen-bond donors (Lipinski definition) is 3. The monoisotopic (exact) mass is 696 g/mol. The molecule has 1 aliphatic rings. The van der Waals surface area contributed by atoms with Gasteiger partial charge in [-0.15, -0.1) is 0 Å². The van der Waals surface area contributed by atoms with Crippen molar-refractivity contribution in [1.29, 1.82) is 0 Å². The summed E-state index contributed by atoms with van der Waals surface area (Å²) in [7, 11) is -2.42. The molecule has 3 N–H and O–H groups in total. The Hall–Kier alpha value is -3.77. The predicted molar refractivity (Wildman–Crippen MR) is 191 cm³/mol. The summed E-state index contributed by atoms with van der Waals surface area (Å²) in [5, 5.41) is 13.0. The Bertz CT molecular complexity index is 1430. The third kappa shape index (κ3) is 12.0. The Kier molecular flexibility index (Phi) is 14.4. The Balaban J connectivity index is 2.00. The number of rotatable bonds is 17. The van der Waals surface area contributed by atoms with Gasteiger partial charge in [0.25, 0.3) is 5.91 Å². The minimum absolute atomic E-state index is 0.0479. The van der Waals surface area contributed by atoms with E-state index in [0.717, 1.165) is 5.56 Å². The lowest BCUT2D eigenvalue weighted by Gasteiger charge is -2.43. The molecule has 1 aromatic heterocycles. The highest BCUT2D eigenvalue weighted by molar-refractivity contribution is 6.74. The number of nitrogens with one attached hydrogen (secondary N) is 3. The van der Waals surface area contributed by atoms with Crippen molar-refractivity contribution in [2.45, 2.75) is 110 Å². The van der Waals surface area contributed by atoms with Crippen LogP contribution in [0.15, 0.2) is 53.1 Å². The fraction of sp³-hybridized carbons (Fsp3) is 0.595. The van der Waals surface area contributed by atoms with Gasteiger partial charge in [-0.3, -0.25) is 14.4 Å². The molecule has 0 saturated carbocycles. The molecule has 1 saturated heterocycles. The smallest absolute Gasteiger partial charge is 0.330 e. The minimum atomic E-state index is -2.42. The van der Waals surface area contributed by atoms with Gasteiger partial charge in [-0.25, -0.2) is 4.79 Å². The van der Waals surface area contributed by atoms with Crippen molar-refractivity contribution in [3.8, 4) is 0 Å². The standard InChI is InChI=1S/C37H56N4O7Si/c1-10-46-32(42)17-16-29(22-27-18-19-38-34(27)43)39-35(44)28(21-26-14-12-11-13-15-26)23-31(48-49(8,9)37(5,6)7)33(24(2)3)40-36(45)30-20-25(4)47-41-30/h11-17,20,24,27-29,31,33H,10,18-19,21-23H2,1-9H3,(H,38,43)(H,39,44)(H,40,45)/b17-16+/t27-,28+,29+,31-,33-/m0/s1. The van der Waals surface area contributed by atoms with E-state index in [9.17, 15) is 19.2 Å². The summed E-state index contributed by atoms with van der Waals surface area (Å²) in [6.45, 7) is 19.1. The molecule has 2 heterocycles. The quantitative estimate of drug-likeness (QED) is 0.111. The number of esters is 1. The fourth-order valence-electron chi connectivity index (χ4n) is 5.72. The number of aromatic nitrogens is 1. The van der Waals surface area contributed by atoms with Gasteiger partial charge >= 0.3 is 5.97 Å². The second-order valence-corrected chi connectivity index (χ2v) is 19.6. The van der Waals surface area contributed by atoms with Gasteiger partial charge in [-0.1, -0.05) is 76.2 Å². The molecule has 1 fully saturated rings. The van der Waals surface area contributed by atoms with Crippen molar-refractivity contribution in [3.05, 3.63) is 65.6 Å². The molecule has 49 heavy (non-hydrogen) atoms. The summed E-state index contributed by atoms with van der Waals surface area (Å²) >= 11 is 0. The normalized spacial score (nSPS) is 17.8. The number of carbonyl (C=O) groups is 4. The second kappa shape index (κ2) is 17.8. The maximum Gasteiger partial charge on any atom is 0.330 e. The lowest BCUT2D eigenvalue weighted by molar-refractivity contribution is -0.137. The molecule has 0 unspecified atom stereocenters. The first-order valence-electron chi connectivity index (χ1n) is 17.4. The molecule has 3 amide bonds. The zero-order valence-corrected chi connectivity index (χ0v) is 31.6. The summed E-state index contributed by atoms with van der Waals surface area (Å²) in [6.07, 6.45) is 4.13. The minimum Gasteiger partial charge on any atom is -0.463 e. The van der Waals surface area contributed by atoms with Gasteiger partial charge in [0.15, 0.2) is 14.0 Å². The number of ether oxygens (including phenoxy) is 1. The summed E-state index contributed by atoms with van der Waals surface area (Å²) in [5.41, 5.74) is 1.16. The van der Waals surface area contributed by atoms with Gasteiger partial charge in [0, 0.05) is 36.6 Å². The zero-order chi connectivity index (χ0) is 36.4. The Labute approximate surface area is 292 Å². The molecule has 12 heteroatoms. The molecule has 11 nitrogen and oxygen atoms in total. The number of aryl methyl sites for hydroxylation is 1. The third-order valence-corrected chi connectivity index (χ3v) is 14.0. The summed E-state index contributed by atoms with van der Waals surface area (Å²) in [5.74, 6) is -1.56. The van der Waals surface area contributed by atoms with Crippen LogP contribution in [-0.4, -0.2) is 68.5 Å². The molecule has 2 aromatic rings. The van der Waals surface area contributed by atoms with E-state index in [2.05, 4.69) is 55.0 Å². The molecule has 5 atom stereocenters. The van der Waals surface area contributed by atoms with Crippen molar-refractivity contribution in [2.24, 2.45) is 17.8 Å². The van der Waals surface area contributed by atoms with Crippen LogP contribution in [0.25, 0.3) is 0 Å². The SMILES string of the molecule is CCOC(=O)/C=C/[C@H](C[C@@H]1CCNC1=O)NC(=O)[C@H](Cc1ccccc1)C[C@H](O[Si](C)(C)C(C)(C)C)[C@@H](NC(=O)c1cc(C)on1)C(C)C. The van der Waals surface area contributed by atoms with Gasteiger partial charge in [-0.2, -0.15) is 0 Å². The number of nitrogens with zero attached hydrogens (tertiary/aromatic N) is 1. The summed E-state index contributed by atoms with van der Waals surface area (Å²) < 4.78 is 17.3. The highest BCUT2D eigenvalue weighted by atomic mass is 28.4. The van der Waals surface area contributed by atoms with Crippen LogP contribution in [0.1, 0.15) is 82.6 Å². The molecule has 1 aromatic carbocycles. The van der Waals surface area contributed by atoms with E-state index >= 15 is 0 Å². The molecule has 3 rings (SSSR count). The van der Waals surface area contributed by atoms with Crippen LogP contribution in [0, 0.1) is 24.7 Å². The van der Waals surface area contributed by atoms with Crippen molar-refractivity contribution in [2.75, 3.05) is 13.2 Å². The maximum atomic E-state index is 14.4. The first-order chi connectivity index (χ1) is 23.0. The maximum absolute atomic E-state index is 14.4. The average molecular weight is 697 g/mol. The van der Waals surface area contributed by atoms with Crippen LogP contribution in [0.4, 0.5) is 0 Å². The Morgan fingerprint density at radius 3 is 2.39 bits per heavy atom. The van der Waals surface area contributed by atoms with Crippen LogP contribution in [0.3, 0.4) is 0 Å². The second-order valence-electron chi connectivity index (χ2n) is 14.8. The molecule has 0 bridgehead atoms. The van der Waals surface area contributed by atoms with Crippen LogP contribution < -0.4 is 16.0 Å². The van der Waals surface area contributed by atoms with E-state index in [1.807, 2.05) is 44.2 Å². The lowest BCUT2D eigenvalue weighted by atomic mass is 9.86. The van der Waals surface area contributed by atoms with Crippen LogP contribution >= 0.6 is 0 Å². The van der Waals surface area contributed by atoms with Crippen molar-refractivity contribution >= 4 is 32.0 Å². The third-order valence-electron chi connectivity index (χ3n) is 9.52. The van der Waals surface area contributed by atoms with Crippen LogP contribution in [0.2, 0.25) is 18.1 Å². The fourth-order valence-corrected chi connectivity index (χ4v) is 7.07. The van der Waals surface area contributed by atoms with Crippen LogP contribution in [-0.2, 0) is 30.0 Å². The largest absolute Gasteiger partial charge is 0.463 e. The molecule has 0 spiro atoms. The highest BCUT2D eigenvalue weighted by Crippen LogP contribution is 2.39. The molecule has 0 aliphatic carbocycles. The van der Waals surface area contributed by atoms with Crippen molar-refractivity contribution in [3.63, 3.8) is 0 Å². The molecule has 270 valence electrons. The zero-order valence-electron chi connectivity index (χ0n) is 30.6. The molecule has 0 radical (unpaired) electrons. The summed E-state index contributed by atoms with van der Waals surface area (Å²) in [6, 6.07) is 10.3. The lowest BCUT2D eigenvalue weighted by Crippen LogP contribution is -2.55. The van der Waals surface area contributed by atoms with E-state index in [-0.39, 0.29) is 46.9 Å². The van der Waals surface area contributed by atoms with Crippen LogP contribution in [0.5, 0.6) is 0 Å².